The molecule has 1 fully saturated rings. The summed E-state index contributed by atoms with van der Waals surface area (Å²) in [5.74, 6) is 1.46. The number of carbonyl (C=O) groups excluding carboxylic acids is 1. The van der Waals surface area contributed by atoms with Gasteiger partial charge in [0, 0.05) is 5.71 Å². The van der Waals surface area contributed by atoms with Gasteiger partial charge in [0.15, 0.2) is 18.1 Å². The molecule has 2 aromatic carbocycles. The van der Waals surface area contributed by atoms with E-state index < -0.39 is 0 Å². The molecule has 3 rings (SSSR count). The molecule has 1 aliphatic rings. The first-order valence-corrected chi connectivity index (χ1v) is 8.91. The number of hydrogen-bond acceptors (Lipinski definition) is 4. The van der Waals surface area contributed by atoms with E-state index in [2.05, 4.69) is 34.8 Å². The lowest BCUT2D eigenvalue weighted by atomic mass is 9.83. The van der Waals surface area contributed by atoms with Crippen molar-refractivity contribution in [2.75, 3.05) is 13.7 Å². The van der Waals surface area contributed by atoms with E-state index in [1.54, 1.807) is 19.2 Å². The minimum absolute atomic E-state index is 0.0935. The summed E-state index contributed by atoms with van der Waals surface area (Å²) >= 11 is 0. The molecule has 0 radical (unpaired) electrons. The molecular formula is C21H24N2O3. The first-order chi connectivity index (χ1) is 12.8. The Labute approximate surface area is 154 Å². The molecule has 1 saturated carbocycles. The van der Waals surface area contributed by atoms with Crippen molar-refractivity contribution in [2.45, 2.75) is 31.6 Å². The summed E-state index contributed by atoms with van der Waals surface area (Å²) in [6, 6.07) is 17.8. The number of methoxy groups -OCH3 is 1. The van der Waals surface area contributed by atoms with Gasteiger partial charge in [0.05, 0.1) is 7.11 Å². The van der Waals surface area contributed by atoms with Crippen LogP contribution in [0.15, 0.2) is 59.7 Å². The number of ether oxygens (including phenoxy) is 2. The summed E-state index contributed by atoms with van der Waals surface area (Å²) < 4.78 is 10.7. The second-order valence-electron chi connectivity index (χ2n) is 6.34. The Morgan fingerprint density at radius 2 is 1.69 bits per heavy atom. The normalized spacial score (nSPS) is 16.7. The first kappa shape index (κ1) is 18.0. The number of para-hydroxylation sites is 2. The molecule has 0 spiro atoms. The van der Waals surface area contributed by atoms with E-state index in [-0.39, 0.29) is 12.5 Å². The molecule has 0 heterocycles. The van der Waals surface area contributed by atoms with Gasteiger partial charge in [0.1, 0.15) is 0 Å². The summed E-state index contributed by atoms with van der Waals surface area (Å²) in [5.41, 5.74) is 5.03. The zero-order valence-corrected chi connectivity index (χ0v) is 15.0. The van der Waals surface area contributed by atoms with Crippen molar-refractivity contribution in [3.8, 4) is 11.5 Å². The maximum absolute atomic E-state index is 12.0. The van der Waals surface area contributed by atoms with E-state index in [1.807, 2.05) is 18.2 Å². The summed E-state index contributed by atoms with van der Waals surface area (Å²) in [6.45, 7) is -0.0935. The summed E-state index contributed by atoms with van der Waals surface area (Å²) in [5, 5.41) is 4.27. The maximum Gasteiger partial charge on any atom is 0.277 e. The number of carbonyl (C=O) groups is 1. The highest BCUT2D eigenvalue weighted by atomic mass is 16.5. The van der Waals surface area contributed by atoms with Crippen LogP contribution >= 0.6 is 0 Å². The van der Waals surface area contributed by atoms with Crippen LogP contribution in [-0.4, -0.2) is 25.3 Å². The standard InChI is InChI=1S/C21H24N2O3/c1-25-19-9-5-6-10-20(19)26-15-21(24)23-22-18-13-11-17(12-14-18)16-7-3-2-4-8-16/h2-10,17H,11-15H2,1H3,(H,23,24). The lowest BCUT2D eigenvalue weighted by Crippen LogP contribution is -2.26. The average molecular weight is 352 g/mol. The molecule has 0 aliphatic heterocycles. The Balaban J connectivity index is 1.44. The van der Waals surface area contributed by atoms with E-state index in [0.29, 0.717) is 17.4 Å². The van der Waals surface area contributed by atoms with E-state index in [9.17, 15) is 4.79 Å². The lowest BCUT2D eigenvalue weighted by Gasteiger charge is -2.23. The maximum atomic E-state index is 12.0. The molecule has 5 heteroatoms. The molecule has 136 valence electrons. The molecule has 26 heavy (non-hydrogen) atoms. The molecule has 1 aliphatic carbocycles. The van der Waals surface area contributed by atoms with Gasteiger partial charge in [-0.2, -0.15) is 5.10 Å². The molecule has 2 aromatic rings. The van der Waals surface area contributed by atoms with Gasteiger partial charge in [-0.1, -0.05) is 42.5 Å². The van der Waals surface area contributed by atoms with E-state index in [0.717, 1.165) is 31.4 Å². The zero-order valence-electron chi connectivity index (χ0n) is 15.0. The van der Waals surface area contributed by atoms with Crippen molar-refractivity contribution in [1.29, 1.82) is 0 Å². The van der Waals surface area contributed by atoms with Crippen LogP contribution in [0.3, 0.4) is 0 Å². The number of rotatable bonds is 6. The number of benzene rings is 2. The number of amides is 1. The predicted molar refractivity (Wildman–Crippen MR) is 102 cm³/mol. The van der Waals surface area contributed by atoms with Gasteiger partial charge < -0.3 is 9.47 Å². The van der Waals surface area contributed by atoms with Crippen LogP contribution in [0, 0.1) is 0 Å². The third-order valence-electron chi connectivity index (χ3n) is 4.60. The highest BCUT2D eigenvalue weighted by Crippen LogP contribution is 2.31. The average Bonchev–Trinajstić information content (AvgIpc) is 2.72. The SMILES string of the molecule is COc1ccccc1OCC(=O)NN=C1CCC(c2ccccc2)CC1. The minimum atomic E-state index is -0.270. The van der Waals surface area contributed by atoms with Crippen molar-refractivity contribution in [3.63, 3.8) is 0 Å². The topological polar surface area (TPSA) is 59.9 Å². The Morgan fingerprint density at radius 3 is 2.38 bits per heavy atom. The van der Waals surface area contributed by atoms with Crippen LogP contribution in [-0.2, 0) is 4.79 Å². The monoisotopic (exact) mass is 352 g/mol. The third kappa shape index (κ3) is 4.85. The molecule has 5 nitrogen and oxygen atoms in total. The molecule has 1 N–H and O–H groups in total. The van der Waals surface area contributed by atoms with Crippen LogP contribution in [0.2, 0.25) is 0 Å². The van der Waals surface area contributed by atoms with Crippen LogP contribution in [0.1, 0.15) is 37.2 Å². The van der Waals surface area contributed by atoms with Gasteiger partial charge >= 0.3 is 0 Å². The highest BCUT2D eigenvalue weighted by Gasteiger charge is 2.19. The van der Waals surface area contributed by atoms with Crippen LogP contribution in [0.5, 0.6) is 11.5 Å². The van der Waals surface area contributed by atoms with Crippen molar-refractivity contribution < 1.29 is 14.3 Å². The fourth-order valence-electron chi connectivity index (χ4n) is 3.18. The Morgan fingerprint density at radius 1 is 1.04 bits per heavy atom. The molecule has 0 unspecified atom stereocenters. The second-order valence-corrected chi connectivity index (χ2v) is 6.34. The molecule has 0 bridgehead atoms. The first-order valence-electron chi connectivity index (χ1n) is 8.91. The quantitative estimate of drug-likeness (QED) is 0.802. The lowest BCUT2D eigenvalue weighted by molar-refractivity contribution is -0.123. The van der Waals surface area contributed by atoms with Crippen molar-refractivity contribution in [2.24, 2.45) is 5.10 Å². The third-order valence-corrected chi connectivity index (χ3v) is 4.60. The van der Waals surface area contributed by atoms with Gasteiger partial charge in [-0.3, -0.25) is 4.79 Å². The van der Waals surface area contributed by atoms with Gasteiger partial charge in [0.2, 0.25) is 0 Å². The van der Waals surface area contributed by atoms with Crippen LogP contribution in [0.25, 0.3) is 0 Å². The Hall–Kier alpha value is -2.82. The summed E-state index contributed by atoms with van der Waals surface area (Å²) in [4.78, 5) is 12.0. The van der Waals surface area contributed by atoms with Gasteiger partial charge in [-0.25, -0.2) is 5.43 Å². The summed E-state index contributed by atoms with van der Waals surface area (Å²) in [7, 11) is 1.57. The number of hydrogen-bond donors (Lipinski definition) is 1. The van der Waals surface area contributed by atoms with Gasteiger partial charge in [-0.05, 0) is 49.3 Å². The Bertz CT molecular complexity index is 749. The van der Waals surface area contributed by atoms with Crippen molar-refractivity contribution in [1.82, 2.24) is 5.43 Å². The number of nitrogens with zero attached hydrogens (tertiary/aromatic N) is 1. The fourth-order valence-corrected chi connectivity index (χ4v) is 3.18. The molecular weight excluding hydrogens is 328 g/mol. The molecule has 0 atom stereocenters. The molecule has 1 amide bonds. The minimum Gasteiger partial charge on any atom is -0.493 e. The van der Waals surface area contributed by atoms with Crippen molar-refractivity contribution in [3.05, 3.63) is 60.2 Å². The number of hydrazone groups is 1. The van der Waals surface area contributed by atoms with Crippen LogP contribution < -0.4 is 14.9 Å². The number of nitrogens with one attached hydrogen (secondary N) is 1. The molecule has 0 aromatic heterocycles. The predicted octanol–water partition coefficient (Wildman–Crippen LogP) is 3.90. The largest absolute Gasteiger partial charge is 0.493 e. The highest BCUT2D eigenvalue weighted by molar-refractivity contribution is 5.87. The van der Waals surface area contributed by atoms with Crippen LogP contribution in [0.4, 0.5) is 0 Å². The smallest absolute Gasteiger partial charge is 0.277 e. The zero-order chi connectivity index (χ0) is 18.2. The Kier molecular flexibility index (Phi) is 6.25. The van der Waals surface area contributed by atoms with Gasteiger partial charge in [-0.15, -0.1) is 0 Å². The van der Waals surface area contributed by atoms with E-state index in [1.165, 1.54) is 5.56 Å². The van der Waals surface area contributed by atoms with Gasteiger partial charge in [0.25, 0.3) is 5.91 Å². The van der Waals surface area contributed by atoms with E-state index in [4.69, 9.17) is 9.47 Å². The second kappa shape index (κ2) is 9.04. The summed E-state index contributed by atoms with van der Waals surface area (Å²) in [6.07, 6.45) is 3.95. The fraction of sp³-hybridized carbons (Fsp3) is 0.333. The van der Waals surface area contributed by atoms with E-state index >= 15 is 0 Å². The molecule has 0 saturated heterocycles. The van der Waals surface area contributed by atoms with Crippen molar-refractivity contribution >= 4 is 11.6 Å².